The number of carbonyl (C=O) groups excluding carboxylic acids is 1. The smallest absolute Gasteiger partial charge is 0.199 e. The molecule has 174 valence electrons. The van der Waals surface area contributed by atoms with Gasteiger partial charge >= 0.3 is 0 Å². The highest BCUT2D eigenvalue weighted by atomic mass is 19.2. The SMILES string of the molecule is Cc1nccn1-c1cnc2ccc(C(=O)c3c(F)c(F)cc(OCc4ccccc4)c3F)cc2n1. The van der Waals surface area contributed by atoms with Crippen LogP contribution in [-0.2, 0) is 6.61 Å². The van der Waals surface area contributed by atoms with Crippen LogP contribution in [0.2, 0.25) is 0 Å². The number of ether oxygens (including phenoxy) is 1. The highest BCUT2D eigenvalue weighted by molar-refractivity contribution is 6.10. The van der Waals surface area contributed by atoms with Gasteiger partial charge in [-0.15, -0.1) is 0 Å². The standard InChI is InChI=1S/C26H17F3N4O2/c1-15-30-9-10-33(15)22-13-31-19-8-7-17(11-20(19)32-22)26(34)23-24(28)18(27)12-21(25(23)29)35-14-16-5-3-2-4-6-16/h2-13H,14H2,1H3. The second-order valence-corrected chi connectivity index (χ2v) is 7.74. The van der Waals surface area contributed by atoms with Gasteiger partial charge in [0.25, 0.3) is 0 Å². The molecule has 2 heterocycles. The molecule has 0 aliphatic rings. The molecule has 0 saturated carbocycles. The van der Waals surface area contributed by atoms with Crippen LogP contribution in [0, 0.1) is 24.4 Å². The van der Waals surface area contributed by atoms with Gasteiger partial charge in [-0.2, -0.15) is 0 Å². The third kappa shape index (κ3) is 4.23. The van der Waals surface area contributed by atoms with Crippen molar-refractivity contribution < 1.29 is 22.7 Å². The zero-order chi connectivity index (χ0) is 24.5. The summed E-state index contributed by atoms with van der Waals surface area (Å²) in [5.74, 6) is -4.73. The van der Waals surface area contributed by atoms with Gasteiger partial charge in [0, 0.05) is 24.0 Å². The lowest BCUT2D eigenvalue weighted by molar-refractivity contribution is 0.102. The van der Waals surface area contributed by atoms with Gasteiger partial charge in [-0.1, -0.05) is 30.3 Å². The van der Waals surface area contributed by atoms with E-state index in [0.717, 1.165) is 0 Å². The molecule has 5 aromatic rings. The first-order chi connectivity index (χ1) is 16.9. The molecule has 35 heavy (non-hydrogen) atoms. The molecule has 2 aromatic heterocycles. The minimum Gasteiger partial charge on any atom is -0.486 e. The summed E-state index contributed by atoms with van der Waals surface area (Å²) in [6.07, 6.45) is 4.85. The molecular formula is C26H17F3N4O2. The summed E-state index contributed by atoms with van der Waals surface area (Å²) in [6, 6.07) is 13.6. The van der Waals surface area contributed by atoms with Crippen LogP contribution in [0.4, 0.5) is 13.2 Å². The Kier molecular flexibility index (Phi) is 5.74. The Bertz CT molecular complexity index is 1570. The first-order valence-electron chi connectivity index (χ1n) is 10.6. The minimum atomic E-state index is -1.59. The Labute approximate surface area is 197 Å². The Hall–Kier alpha value is -4.53. The monoisotopic (exact) mass is 474 g/mol. The Morgan fingerprint density at radius 2 is 1.77 bits per heavy atom. The van der Waals surface area contributed by atoms with Crippen LogP contribution in [0.3, 0.4) is 0 Å². The number of halogens is 3. The molecular weight excluding hydrogens is 457 g/mol. The summed E-state index contributed by atoms with van der Waals surface area (Å²) in [4.78, 5) is 26.0. The van der Waals surface area contributed by atoms with Gasteiger partial charge in [0.05, 0.1) is 17.2 Å². The van der Waals surface area contributed by atoms with Crippen LogP contribution in [0.15, 0.2) is 73.2 Å². The Balaban J connectivity index is 1.52. The summed E-state index contributed by atoms with van der Waals surface area (Å²) in [6.45, 7) is 1.71. The fraction of sp³-hybridized carbons (Fsp3) is 0.0769. The van der Waals surface area contributed by atoms with Crippen molar-refractivity contribution in [3.8, 4) is 11.6 Å². The van der Waals surface area contributed by atoms with Crippen molar-refractivity contribution in [2.24, 2.45) is 0 Å². The summed E-state index contributed by atoms with van der Waals surface area (Å²) in [5.41, 5.74) is 0.363. The fourth-order valence-electron chi connectivity index (χ4n) is 3.64. The fourth-order valence-corrected chi connectivity index (χ4v) is 3.64. The van der Waals surface area contributed by atoms with E-state index in [1.807, 2.05) is 0 Å². The molecule has 0 aliphatic carbocycles. The van der Waals surface area contributed by atoms with Crippen LogP contribution >= 0.6 is 0 Å². The number of fused-ring (bicyclic) bond motifs is 1. The second kappa shape index (κ2) is 9.02. The molecule has 3 aromatic carbocycles. The van der Waals surface area contributed by atoms with Gasteiger partial charge in [-0.3, -0.25) is 14.3 Å². The summed E-state index contributed by atoms with van der Waals surface area (Å²) < 4.78 is 51.2. The number of benzene rings is 3. The van der Waals surface area contributed by atoms with E-state index >= 15 is 4.39 Å². The summed E-state index contributed by atoms with van der Waals surface area (Å²) in [7, 11) is 0. The van der Waals surface area contributed by atoms with Crippen molar-refractivity contribution in [3.63, 3.8) is 0 Å². The van der Waals surface area contributed by atoms with Crippen LogP contribution in [-0.4, -0.2) is 25.3 Å². The summed E-state index contributed by atoms with van der Waals surface area (Å²) in [5, 5.41) is 0. The largest absolute Gasteiger partial charge is 0.486 e. The van der Waals surface area contributed by atoms with E-state index in [1.54, 1.807) is 60.4 Å². The third-order valence-electron chi connectivity index (χ3n) is 5.45. The lowest BCUT2D eigenvalue weighted by Crippen LogP contribution is -2.12. The van der Waals surface area contributed by atoms with Crippen molar-refractivity contribution >= 4 is 16.8 Å². The Morgan fingerprint density at radius 3 is 2.51 bits per heavy atom. The average Bonchev–Trinajstić information content (AvgIpc) is 3.31. The second-order valence-electron chi connectivity index (χ2n) is 7.74. The highest BCUT2D eigenvalue weighted by Crippen LogP contribution is 2.29. The summed E-state index contributed by atoms with van der Waals surface area (Å²) >= 11 is 0. The number of nitrogens with zero attached hydrogens (tertiary/aromatic N) is 4. The van der Waals surface area contributed by atoms with Crippen LogP contribution in [0.1, 0.15) is 27.3 Å². The number of hydrogen-bond acceptors (Lipinski definition) is 5. The molecule has 0 spiro atoms. The number of imidazole rings is 1. The quantitative estimate of drug-likeness (QED) is 0.245. The number of hydrogen-bond donors (Lipinski definition) is 0. The van der Waals surface area contributed by atoms with Crippen molar-refractivity contribution in [1.82, 2.24) is 19.5 Å². The van der Waals surface area contributed by atoms with Gasteiger partial charge < -0.3 is 4.74 Å². The lowest BCUT2D eigenvalue weighted by atomic mass is 10.0. The predicted octanol–water partition coefficient (Wildman–Crippen LogP) is 5.35. The van der Waals surface area contributed by atoms with Gasteiger partial charge in [0.15, 0.2) is 34.8 Å². The zero-order valence-corrected chi connectivity index (χ0v) is 18.4. The number of aromatic nitrogens is 4. The van der Waals surface area contributed by atoms with E-state index in [0.29, 0.717) is 34.3 Å². The maximum Gasteiger partial charge on any atom is 0.199 e. The molecule has 9 heteroatoms. The first-order valence-corrected chi connectivity index (χ1v) is 10.6. The van der Waals surface area contributed by atoms with Crippen molar-refractivity contribution in [3.05, 3.63) is 113 Å². The number of ketones is 1. The predicted molar refractivity (Wildman–Crippen MR) is 122 cm³/mol. The molecule has 0 bridgehead atoms. The molecule has 0 unspecified atom stereocenters. The molecule has 6 nitrogen and oxygen atoms in total. The molecule has 0 N–H and O–H groups in total. The van der Waals surface area contributed by atoms with Gasteiger partial charge in [-0.25, -0.2) is 23.1 Å². The molecule has 0 fully saturated rings. The normalized spacial score (nSPS) is 11.1. The van der Waals surface area contributed by atoms with Crippen molar-refractivity contribution in [2.75, 3.05) is 0 Å². The van der Waals surface area contributed by atoms with E-state index in [-0.39, 0.29) is 12.2 Å². The molecule has 0 saturated heterocycles. The van der Waals surface area contributed by atoms with E-state index in [4.69, 9.17) is 4.74 Å². The van der Waals surface area contributed by atoms with E-state index < -0.39 is 34.5 Å². The van der Waals surface area contributed by atoms with Gasteiger partial charge in [-0.05, 0) is 30.7 Å². The van der Waals surface area contributed by atoms with Crippen LogP contribution in [0.5, 0.6) is 5.75 Å². The molecule has 0 radical (unpaired) electrons. The maximum atomic E-state index is 15.2. The molecule has 5 rings (SSSR count). The number of carbonyl (C=O) groups is 1. The third-order valence-corrected chi connectivity index (χ3v) is 5.45. The van der Waals surface area contributed by atoms with E-state index in [1.165, 1.54) is 18.2 Å². The maximum absolute atomic E-state index is 15.2. The van der Waals surface area contributed by atoms with Crippen LogP contribution in [0.25, 0.3) is 16.9 Å². The van der Waals surface area contributed by atoms with E-state index in [2.05, 4.69) is 15.0 Å². The minimum absolute atomic E-state index is 0.0799. The van der Waals surface area contributed by atoms with E-state index in [9.17, 15) is 13.6 Å². The lowest BCUT2D eigenvalue weighted by Gasteiger charge is -2.12. The topological polar surface area (TPSA) is 69.9 Å². The van der Waals surface area contributed by atoms with Crippen LogP contribution < -0.4 is 4.74 Å². The average molecular weight is 474 g/mol. The first kappa shape index (κ1) is 22.3. The van der Waals surface area contributed by atoms with Crippen molar-refractivity contribution in [1.29, 1.82) is 0 Å². The Morgan fingerprint density at radius 1 is 0.971 bits per heavy atom. The van der Waals surface area contributed by atoms with Gasteiger partial charge in [0.1, 0.15) is 18.0 Å². The molecule has 0 amide bonds. The molecule has 0 aliphatic heterocycles. The van der Waals surface area contributed by atoms with Gasteiger partial charge in [0.2, 0.25) is 0 Å². The molecule has 0 atom stereocenters. The number of rotatable bonds is 6. The zero-order valence-electron chi connectivity index (χ0n) is 18.4. The highest BCUT2D eigenvalue weighted by Gasteiger charge is 2.26. The number of aryl methyl sites for hydroxylation is 1. The van der Waals surface area contributed by atoms with Crippen molar-refractivity contribution in [2.45, 2.75) is 13.5 Å².